The van der Waals surface area contributed by atoms with Crippen molar-refractivity contribution in [3.63, 3.8) is 0 Å². The second-order valence-corrected chi connectivity index (χ2v) is 4.96. The zero-order valence-electron chi connectivity index (χ0n) is 10.9. The third-order valence-corrected chi connectivity index (χ3v) is 3.55. The topological polar surface area (TPSA) is 66.7 Å². The number of thiazole rings is 1. The lowest BCUT2D eigenvalue weighted by Gasteiger charge is -2.21. The molecule has 0 aromatic carbocycles. The largest absolute Gasteiger partial charge is 0.358 e. The van der Waals surface area contributed by atoms with Crippen molar-refractivity contribution in [2.24, 2.45) is 0 Å². The van der Waals surface area contributed by atoms with Gasteiger partial charge >= 0.3 is 0 Å². The number of imidazole rings is 1. The second-order valence-electron chi connectivity index (χ2n) is 4.09. The summed E-state index contributed by atoms with van der Waals surface area (Å²) in [5.41, 5.74) is 0.494. The van der Waals surface area contributed by atoms with Crippen LogP contribution in [-0.2, 0) is 4.79 Å². The highest BCUT2D eigenvalue weighted by atomic mass is 32.1. The van der Waals surface area contributed by atoms with Crippen molar-refractivity contribution in [1.82, 2.24) is 14.7 Å². The van der Waals surface area contributed by atoms with Gasteiger partial charge in [-0.15, -0.1) is 11.3 Å². The number of nitrogens with one attached hydrogen (secondary N) is 1. The molecule has 0 unspecified atom stereocenters. The highest BCUT2D eigenvalue weighted by molar-refractivity contribution is 7.15. The Morgan fingerprint density at radius 1 is 1.63 bits per heavy atom. The summed E-state index contributed by atoms with van der Waals surface area (Å²) in [5, 5.41) is 4.46. The van der Waals surface area contributed by atoms with Gasteiger partial charge in [0, 0.05) is 25.2 Å². The monoisotopic (exact) mass is 280 g/mol. The fourth-order valence-corrected chi connectivity index (χ4v) is 2.63. The quantitative estimate of drug-likeness (QED) is 0.807. The van der Waals surface area contributed by atoms with E-state index in [0.29, 0.717) is 18.1 Å². The zero-order valence-corrected chi connectivity index (χ0v) is 11.7. The van der Waals surface area contributed by atoms with E-state index in [9.17, 15) is 9.59 Å². The Balaban J connectivity index is 2.39. The van der Waals surface area contributed by atoms with Gasteiger partial charge in [0.25, 0.3) is 0 Å². The van der Waals surface area contributed by atoms with Gasteiger partial charge < -0.3 is 10.2 Å². The first-order chi connectivity index (χ1) is 9.21. The zero-order chi connectivity index (χ0) is 13.8. The van der Waals surface area contributed by atoms with E-state index in [2.05, 4.69) is 10.3 Å². The van der Waals surface area contributed by atoms with Crippen LogP contribution in [0.4, 0.5) is 5.82 Å². The number of hydrogen-bond acceptors (Lipinski definition) is 5. The van der Waals surface area contributed by atoms with Crippen LogP contribution >= 0.6 is 11.3 Å². The van der Waals surface area contributed by atoms with E-state index < -0.39 is 0 Å². The minimum Gasteiger partial charge on any atom is -0.358 e. The lowest BCUT2D eigenvalue weighted by molar-refractivity contribution is -0.119. The van der Waals surface area contributed by atoms with Crippen molar-refractivity contribution >= 4 is 34.3 Å². The van der Waals surface area contributed by atoms with Crippen molar-refractivity contribution in [2.75, 3.05) is 25.0 Å². The summed E-state index contributed by atoms with van der Waals surface area (Å²) in [6.45, 7) is 2.91. The Kier molecular flexibility index (Phi) is 4.16. The molecule has 1 amide bonds. The fraction of sp³-hybridized carbons (Fsp3) is 0.417. The first-order valence-corrected chi connectivity index (χ1v) is 6.95. The van der Waals surface area contributed by atoms with Crippen molar-refractivity contribution in [1.29, 1.82) is 0 Å². The van der Waals surface area contributed by atoms with Gasteiger partial charge in [-0.25, -0.2) is 4.98 Å². The molecule has 0 fully saturated rings. The molecule has 2 aromatic rings. The molecule has 0 radical (unpaired) electrons. The van der Waals surface area contributed by atoms with Gasteiger partial charge in [0.2, 0.25) is 5.91 Å². The molecule has 0 saturated carbocycles. The van der Waals surface area contributed by atoms with Crippen molar-refractivity contribution in [2.45, 2.75) is 13.3 Å². The molecule has 102 valence electrons. The Bertz CT molecular complexity index is 590. The van der Waals surface area contributed by atoms with E-state index in [1.54, 1.807) is 11.4 Å². The number of aldehydes is 1. The maximum atomic E-state index is 11.6. The Morgan fingerprint density at radius 3 is 3.05 bits per heavy atom. The lowest BCUT2D eigenvalue weighted by atomic mass is 10.3. The number of carbonyl (C=O) groups excluding carboxylic acids is 2. The normalized spacial score (nSPS) is 10.6. The third-order valence-electron chi connectivity index (χ3n) is 2.80. The van der Waals surface area contributed by atoms with E-state index in [1.165, 1.54) is 11.3 Å². The van der Waals surface area contributed by atoms with Crippen LogP contribution in [0.1, 0.15) is 23.8 Å². The molecule has 2 heterocycles. The summed E-state index contributed by atoms with van der Waals surface area (Å²) in [5.74, 6) is 0.481. The molecule has 2 aromatic heterocycles. The molecule has 7 heteroatoms. The maximum Gasteiger partial charge on any atom is 0.239 e. The first kappa shape index (κ1) is 13.5. The Hall–Kier alpha value is -1.89. The van der Waals surface area contributed by atoms with Crippen LogP contribution in [-0.4, -0.2) is 41.7 Å². The van der Waals surface area contributed by atoms with Crippen LogP contribution in [0.2, 0.25) is 0 Å². The number of nitrogens with zero attached hydrogens (tertiary/aromatic N) is 3. The number of carbonyl (C=O) groups is 2. The van der Waals surface area contributed by atoms with Crippen molar-refractivity contribution < 1.29 is 9.59 Å². The Labute approximate surface area is 115 Å². The molecule has 0 saturated heterocycles. The van der Waals surface area contributed by atoms with Gasteiger partial charge in [0.05, 0.1) is 6.54 Å². The SMILES string of the molecule is CCCN(CC(=O)NC)c1nc2sccn2c1C=O. The molecule has 0 aliphatic rings. The summed E-state index contributed by atoms with van der Waals surface area (Å²) in [6.07, 6.45) is 3.47. The van der Waals surface area contributed by atoms with Crippen LogP contribution in [0.5, 0.6) is 0 Å². The number of anilines is 1. The molecule has 0 aliphatic heterocycles. The smallest absolute Gasteiger partial charge is 0.239 e. The number of amides is 1. The van der Waals surface area contributed by atoms with Gasteiger partial charge in [0.15, 0.2) is 17.1 Å². The van der Waals surface area contributed by atoms with E-state index in [-0.39, 0.29) is 12.5 Å². The predicted molar refractivity (Wildman–Crippen MR) is 75.0 cm³/mol. The third kappa shape index (κ3) is 2.60. The minimum absolute atomic E-state index is 0.0957. The Morgan fingerprint density at radius 2 is 2.42 bits per heavy atom. The number of aromatic nitrogens is 2. The minimum atomic E-state index is -0.0957. The molecule has 2 rings (SSSR count). The van der Waals surface area contributed by atoms with Crippen LogP contribution in [0.3, 0.4) is 0 Å². The molecule has 6 nitrogen and oxygen atoms in total. The highest BCUT2D eigenvalue weighted by Gasteiger charge is 2.19. The van der Waals surface area contributed by atoms with Crippen molar-refractivity contribution in [3.8, 4) is 0 Å². The van der Waals surface area contributed by atoms with Crippen LogP contribution in [0.25, 0.3) is 4.96 Å². The predicted octanol–water partition coefficient (Wildman–Crippen LogP) is 1.17. The molecule has 0 bridgehead atoms. The fourth-order valence-electron chi connectivity index (χ4n) is 1.92. The van der Waals surface area contributed by atoms with E-state index >= 15 is 0 Å². The molecule has 19 heavy (non-hydrogen) atoms. The molecular weight excluding hydrogens is 264 g/mol. The van der Waals surface area contributed by atoms with Crippen molar-refractivity contribution in [3.05, 3.63) is 17.3 Å². The number of hydrogen-bond donors (Lipinski definition) is 1. The number of fused-ring (bicyclic) bond motifs is 1. The number of likely N-dealkylation sites (N-methyl/N-ethyl adjacent to an activating group) is 1. The summed E-state index contributed by atoms with van der Waals surface area (Å²) >= 11 is 1.46. The molecule has 1 N–H and O–H groups in total. The van der Waals surface area contributed by atoms with Crippen LogP contribution < -0.4 is 10.2 Å². The molecule has 0 atom stereocenters. The van der Waals surface area contributed by atoms with E-state index in [1.807, 2.05) is 23.4 Å². The van der Waals surface area contributed by atoms with Gasteiger partial charge in [-0.05, 0) is 6.42 Å². The average molecular weight is 280 g/mol. The number of rotatable bonds is 6. The lowest BCUT2D eigenvalue weighted by Crippen LogP contribution is -2.36. The van der Waals surface area contributed by atoms with Gasteiger partial charge in [-0.2, -0.15) is 0 Å². The maximum absolute atomic E-state index is 11.6. The van der Waals surface area contributed by atoms with Crippen LogP contribution in [0, 0.1) is 0 Å². The standard InChI is InChI=1S/C12H16N4O2S/c1-3-4-15(7-10(18)13-2)11-9(8-17)16-5-6-19-12(16)14-11/h5-6,8H,3-4,7H2,1-2H3,(H,13,18). The molecule has 0 spiro atoms. The van der Waals surface area contributed by atoms with Gasteiger partial charge in [-0.3, -0.25) is 14.0 Å². The average Bonchev–Trinajstić information content (AvgIpc) is 2.97. The summed E-state index contributed by atoms with van der Waals surface area (Å²) < 4.78 is 1.75. The van der Waals surface area contributed by atoms with E-state index in [0.717, 1.165) is 17.7 Å². The highest BCUT2D eigenvalue weighted by Crippen LogP contribution is 2.23. The van der Waals surface area contributed by atoms with E-state index in [4.69, 9.17) is 0 Å². The molecule has 0 aliphatic carbocycles. The second kappa shape index (κ2) is 5.83. The summed E-state index contributed by atoms with van der Waals surface area (Å²) in [7, 11) is 1.60. The first-order valence-electron chi connectivity index (χ1n) is 6.07. The molecular formula is C12H16N4O2S. The van der Waals surface area contributed by atoms with Gasteiger partial charge in [0.1, 0.15) is 5.69 Å². The van der Waals surface area contributed by atoms with Gasteiger partial charge in [-0.1, -0.05) is 6.92 Å². The summed E-state index contributed by atoms with van der Waals surface area (Å²) in [4.78, 5) is 29.9. The van der Waals surface area contributed by atoms with Crippen LogP contribution in [0.15, 0.2) is 11.6 Å². The summed E-state index contributed by atoms with van der Waals surface area (Å²) in [6, 6.07) is 0.